The summed E-state index contributed by atoms with van der Waals surface area (Å²) in [6, 6.07) is 12.6. The molecule has 28 heavy (non-hydrogen) atoms. The van der Waals surface area contributed by atoms with E-state index in [2.05, 4.69) is 15.4 Å². The van der Waals surface area contributed by atoms with Crippen LogP contribution in [-0.2, 0) is 0 Å². The third-order valence-corrected chi connectivity index (χ3v) is 4.55. The Hall–Kier alpha value is -4.01. The molecule has 0 radical (unpaired) electrons. The second-order valence-electron chi connectivity index (χ2n) is 6.34. The van der Waals surface area contributed by atoms with E-state index in [9.17, 15) is 19.7 Å². The van der Waals surface area contributed by atoms with E-state index in [1.54, 1.807) is 43.3 Å². The van der Waals surface area contributed by atoms with Crippen LogP contribution in [-0.4, -0.2) is 25.4 Å². The molecule has 0 aliphatic carbocycles. The Morgan fingerprint density at radius 1 is 1.25 bits per heavy atom. The van der Waals surface area contributed by atoms with Crippen molar-refractivity contribution in [2.75, 3.05) is 0 Å². The third kappa shape index (κ3) is 2.88. The molecule has 2 heterocycles. The number of nitrogens with one attached hydrogen (secondary N) is 2. The summed E-state index contributed by atoms with van der Waals surface area (Å²) in [5.41, 5.74) is 1.31. The van der Waals surface area contributed by atoms with Crippen LogP contribution >= 0.6 is 0 Å². The van der Waals surface area contributed by atoms with Crippen LogP contribution in [0.4, 0.5) is 5.69 Å². The van der Waals surface area contributed by atoms with Crippen molar-refractivity contribution in [1.29, 1.82) is 0 Å². The van der Waals surface area contributed by atoms with E-state index in [-0.39, 0.29) is 22.5 Å². The van der Waals surface area contributed by atoms with Crippen molar-refractivity contribution in [3.05, 3.63) is 86.3 Å². The van der Waals surface area contributed by atoms with Crippen LogP contribution in [0.2, 0.25) is 0 Å². The molecule has 0 aliphatic heterocycles. The largest absolute Gasteiger partial charge is 0.345 e. The van der Waals surface area contributed by atoms with Crippen molar-refractivity contribution in [2.24, 2.45) is 0 Å². The Labute approximate surface area is 157 Å². The van der Waals surface area contributed by atoms with Crippen LogP contribution < -0.4 is 10.9 Å². The van der Waals surface area contributed by atoms with Gasteiger partial charge in [-0.15, -0.1) is 0 Å². The van der Waals surface area contributed by atoms with E-state index in [1.807, 2.05) is 0 Å². The average Bonchev–Trinajstić information content (AvgIpc) is 3.12. The number of nitrogens with zero attached hydrogens (tertiary/aromatic N) is 3. The summed E-state index contributed by atoms with van der Waals surface area (Å²) in [6.07, 6.45) is 1.38. The number of aromatic amines is 1. The van der Waals surface area contributed by atoms with Gasteiger partial charge in [0.2, 0.25) is 0 Å². The Morgan fingerprint density at radius 3 is 2.82 bits per heavy atom. The summed E-state index contributed by atoms with van der Waals surface area (Å²) in [4.78, 5) is 38.2. The van der Waals surface area contributed by atoms with Gasteiger partial charge in [-0.3, -0.25) is 19.7 Å². The van der Waals surface area contributed by atoms with E-state index in [1.165, 1.54) is 22.8 Å². The summed E-state index contributed by atoms with van der Waals surface area (Å²) in [6.45, 7) is 1.72. The first kappa shape index (κ1) is 17.4. The molecule has 4 rings (SSSR count). The number of non-ortho nitro benzene ring substituents is 1. The summed E-state index contributed by atoms with van der Waals surface area (Å²) >= 11 is 0. The lowest BCUT2D eigenvalue weighted by Crippen LogP contribution is -2.27. The van der Waals surface area contributed by atoms with Gasteiger partial charge in [-0.2, -0.15) is 5.10 Å². The highest BCUT2D eigenvalue weighted by atomic mass is 16.6. The molecule has 9 nitrogen and oxygen atoms in total. The molecular formula is C19H15N5O4. The van der Waals surface area contributed by atoms with Crippen LogP contribution in [0.1, 0.15) is 28.9 Å². The zero-order valence-electron chi connectivity index (χ0n) is 14.7. The number of rotatable bonds is 4. The monoisotopic (exact) mass is 377 g/mol. The number of nitro groups is 1. The lowest BCUT2D eigenvalue weighted by atomic mass is 10.1. The maximum atomic E-state index is 12.7. The molecule has 140 valence electrons. The number of benzene rings is 2. The summed E-state index contributed by atoms with van der Waals surface area (Å²) in [5, 5.41) is 18.4. The standard InChI is InChI=1S/C19H15N5O4/c1-11(12-5-4-6-13(9-12)24(27)28)21-19(26)15-10-20-23-16-8-3-2-7-14(16)18(25)22-17(15)23/h2-11H,1H3,(H,21,26)(H,22,25). The van der Waals surface area contributed by atoms with Gasteiger partial charge >= 0.3 is 0 Å². The highest BCUT2D eigenvalue weighted by molar-refractivity contribution is 6.00. The minimum absolute atomic E-state index is 0.0506. The molecule has 0 bridgehead atoms. The molecule has 2 aromatic carbocycles. The molecule has 0 spiro atoms. The number of hydrogen-bond donors (Lipinski definition) is 2. The first-order valence-corrected chi connectivity index (χ1v) is 8.49. The Kier molecular flexibility index (Phi) is 4.11. The topological polar surface area (TPSA) is 122 Å². The fourth-order valence-corrected chi connectivity index (χ4v) is 3.11. The fraction of sp³-hybridized carbons (Fsp3) is 0.105. The van der Waals surface area contributed by atoms with Gasteiger partial charge < -0.3 is 10.3 Å². The summed E-state index contributed by atoms with van der Waals surface area (Å²) in [7, 11) is 0. The first-order valence-electron chi connectivity index (χ1n) is 8.49. The quantitative estimate of drug-likeness (QED) is 0.418. The van der Waals surface area contributed by atoms with Crippen molar-refractivity contribution in [2.45, 2.75) is 13.0 Å². The number of aromatic nitrogens is 3. The van der Waals surface area contributed by atoms with Gasteiger partial charge in [0.1, 0.15) is 11.2 Å². The predicted octanol–water partition coefficient (Wildman–Crippen LogP) is 2.58. The lowest BCUT2D eigenvalue weighted by molar-refractivity contribution is -0.384. The summed E-state index contributed by atoms with van der Waals surface area (Å²) < 4.78 is 1.50. The SMILES string of the molecule is CC(NC(=O)c1cnn2c1[nH]c(=O)c1ccccc12)c1cccc([N+](=O)[O-])c1. The van der Waals surface area contributed by atoms with Gasteiger partial charge in [-0.05, 0) is 24.6 Å². The van der Waals surface area contributed by atoms with Crippen LogP contribution in [0.15, 0.2) is 59.5 Å². The maximum absolute atomic E-state index is 12.7. The molecule has 0 saturated carbocycles. The third-order valence-electron chi connectivity index (χ3n) is 4.55. The van der Waals surface area contributed by atoms with Crippen LogP contribution in [0.5, 0.6) is 0 Å². The Morgan fingerprint density at radius 2 is 2.04 bits per heavy atom. The van der Waals surface area contributed by atoms with E-state index >= 15 is 0 Å². The van der Waals surface area contributed by atoms with Crippen molar-refractivity contribution < 1.29 is 9.72 Å². The summed E-state index contributed by atoms with van der Waals surface area (Å²) in [5.74, 6) is -0.445. The molecule has 2 N–H and O–H groups in total. The van der Waals surface area contributed by atoms with E-state index in [0.29, 0.717) is 16.5 Å². The van der Waals surface area contributed by atoms with Gasteiger partial charge in [-0.25, -0.2) is 4.52 Å². The zero-order valence-corrected chi connectivity index (χ0v) is 14.7. The number of para-hydroxylation sites is 1. The van der Waals surface area contributed by atoms with Crippen molar-refractivity contribution in [3.63, 3.8) is 0 Å². The molecule has 1 unspecified atom stereocenters. The molecule has 0 aliphatic rings. The van der Waals surface area contributed by atoms with E-state index in [4.69, 9.17) is 0 Å². The van der Waals surface area contributed by atoms with Gasteiger partial charge in [0.05, 0.1) is 28.1 Å². The highest BCUT2D eigenvalue weighted by Crippen LogP contribution is 2.20. The van der Waals surface area contributed by atoms with E-state index in [0.717, 1.165) is 0 Å². The molecular weight excluding hydrogens is 362 g/mol. The number of carbonyl (C=O) groups is 1. The van der Waals surface area contributed by atoms with Gasteiger partial charge in [0.25, 0.3) is 17.2 Å². The minimum atomic E-state index is -0.487. The number of amides is 1. The second kappa shape index (κ2) is 6.62. The fourth-order valence-electron chi connectivity index (χ4n) is 3.11. The van der Waals surface area contributed by atoms with Crippen molar-refractivity contribution in [1.82, 2.24) is 19.9 Å². The second-order valence-corrected chi connectivity index (χ2v) is 6.34. The molecule has 2 aromatic heterocycles. The molecule has 9 heteroatoms. The minimum Gasteiger partial charge on any atom is -0.345 e. The van der Waals surface area contributed by atoms with Crippen molar-refractivity contribution >= 4 is 28.1 Å². The maximum Gasteiger partial charge on any atom is 0.269 e. The average molecular weight is 377 g/mol. The number of H-pyrrole nitrogens is 1. The number of hydrogen-bond acceptors (Lipinski definition) is 5. The molecule has 1 amide bonds. The molecule has 0 fully saturated rings. The van der Waals surface area contributed by atoms with Gasteiger partial charge in [-0.1, -0.05) is 24.3 Å². The van der Waals surface area contributed by atoms with Crippen molar-refractivity contribution in [3.8, 4) is 0 Å². The molecule has 0 saturated heterocycles. The normalized spacial score (nSPS) is 12.2. The van der Waals surface area contributed by atoms with E-state index < -0.39 is 16.9 Å². The first-order chi connectivity index (χ1) is 13.5. The molecule has 4 aromatic rings. The number of nitro benzene ring substituents is 1. The Bertz CT molecular complexity index is 1290. The van der Waals surface area contributed by atoms with Crippen LogP contribution in [0, 0.1) is 10.1 Å². The number of carbonyl (C=O) groups excluding carboxylic acids is 1. The van der Waals surface area contributed by atoms with Gasteiger partial charge in [0.15, 0.2) is 0 Å². The molecule has 1 atom stereocenters. The Balaban J connectivity index is 1.69. The van der Waals surface area contributed by atoms with Crippen LogP contribution in [0.3, 0.4) is 0 Å². The van der Waals surface area contributed by atoms with Crippen LogP contribution in [0.25, 0.3) is 16.6 Å². The van der Waals surface area contributed by atoms with Gasteiger partial charge in [0, 0.05) is 12.1 Å². The predicted molar refractivity (Wildman–Crippen MR) is 102 cm³/mol. The lowest BCUT2D eigenvalue weighted by Gasteiger charge is -2.13. The highest BCUT2D eigenvalue weighted by Gasteiger charge is 2.19. The zero-order chi connectivity index (χ0) is 19.8. The smallest absolute Gasteiger partial charge is 0.269 e. The number of fused-ring (bicyclic) bond motifs is 3.